The third kappa shape index (κ3) is 1.41. The molecule has 1 heterocycles. The highest BCUT2D eigenvalue weighted by atomic mass is 79.9. The molecule has 78 valence electrons. The summed E-state index contributed by atoms with van der Waals surface area (Å²) in [6, 6.07) is 1.97. The van der Waals surface area contributed by atoms with Gasteiger partial charge in [-0.15, -0.1) is 0 Å². The van der Waals surface area contributed by atoms with Crippen LogP contribution in [0.4, 0.5) is 0 Å². The highest BCUT2D eigenvalue weighted by Gasteiger charge is 2.37. The second kappa shape index (κ2) is 3.22. The van der Waals surface area contributed by atoms with E-state index in [1.54, 1.807) is 0 Å². The van der Waals surface area contributed by atoms with Crippen LogP contribution in [0.15, 0.2) is 16.7 Å². The van der Waals surface area contributed by atoms with E-state index in [4.69, 9.17) is 11.6 Å². The minimum atomic E-state index is 0.617. The molecule has 4 heteroatoms. The van der Waals surface area contributed by atoms with Crippen LogP contribution >= 0.6 is 27.5 Å². The Bertz CT molecular complexity index is 535. The van der Waals surface area contributed by atoms with Crippen molar-refractivity contribution in [3.63, 3.8) is 0 Å². The maximum absolute atomic E-state index is 6.29. The molecule has 1 aliphatic rings. The summed E-state index contributed by atoms with van der Waals surface area (Å²) in [4.78, 5) is 0. The average Bonchev–Trinajstić information content (AvgIpc) is 2.73. The number of aromatic nitrogens is 2. The van der Waals surface area contributed by atoms with Gasteiger partial charge in [-0.2, -0.15) is 5.10 Å². The number of fused-ring (bicyclic) bond motifs is 1. The number of aromatic amines is 1. The lowest BCUT2D eigenvalue weighted by Gasteiger charge is -2.07. The van der Waals surface area contributed by atoms with Gasteiger partial charge < -0.3 is 0 Å². The minimum Gasteiger partial charge on any atom is -0.278 e. The van der Waals surface area contributed by atoms with Crippen LogP contribution in [0.1, 0.15) is 24.8 Å². The van der Waals surface area contributed by atoms with Gasteiger partial charge in [0.2, 0.25) is 0 Å². The van der Waals surface area contributed by atoms with Crippen LogP contribution in [0, 0.1) is 5.92 Å². The van der Waals surface area contributed by atoms with Crippen molar-refractivity contribution in [2.75, 3.05) is 0 Å². The van der Waals surface area contributed by atoms with Crippen molar-refractivity contribution in [1.29, 1.82) is 0 Å². The third-order valence-electron chi connectivity index (χ3n) is 3.15. The second-order valence-corrected chi connectivity index (χ2v) is 5.44. The van der Waals surface area contributed by atoms with E-state index in [1.807, 2.05) is 12.3 Å². The Balaban J connectivity index is 2.27. The molecule has 0 saturated heterocycles. The molecule has 0 unspecified atom stereocenters. The van der Waals surface area contributed by atoms with Crippen LogP contribution in [0.5, 0.6) is 0 Å². The maximum atomic E-state index is 6.29. The van der Waals surface area contributed by atoms with Crippen LogP contribution in [0.3, 0.4) is 0 Å². The first-order chi connectivity index (χ1) is 7.18. The molecule has 1 aromatic heterocycles. The Morgan fingerprint density at radius 2 is 2.33 bits per heavy atom. The van der Waals surface area contributed by atoms with Gasteiger partial charge in [-0.1, -0.05) is 18.5 Å². The predicted molar refractivity (Wildman–Crippen MR) is 65.3 cm³/mol. The van der Waals surface area contributed by atoms with Crippen molar-refractivity contribution in [2.45, 2.75) is 19.3 Å². The molecule has 1 aliphatic carbocycles. The Morgan fingerprint density at radius 3 is 3.00 bits per heavy atom. The van der Waals surface area contributed by atoms with E-state index in [9.17, 15) is 0 Å². The van der Waals surface area contributed by atoms with E-state index in [1.165, 1.54) is 12.0 Å². The minimum absolute atomic E-state index is 0.617. The van der Waals surface area contributed by atoms with Crippen LogP contribution in [0.2, 0.25) is 5.02 Å². The third-order valence-corrected chi connectivity index (χ3v) is 4.32. The molecule has 0 radical (unpaired) electrons. The zero-order valence-corrected chi connectivity index (χ0v) is 10.6. The fourth-order valence-electron chi connectivity index (χ4n) is 2.10. The van der Waals surface area contributed by atoms with Crippen molar-refractivity contribution in [1.82, 2.24) is 10.2 Å². The SMILES string of the molecule is C[C@H]1C[C@@H]1c1c(Cl)cc2[nH]ncc2c1Br. The molecule has 2 aromatic rings. The number of hydrogen-bond acceptors (Lipinski definition) is 1. The highest BCUT2D eigenvalue weighted by Crippen LogP contribution is 2.52. The first kappa shape index (κ1) is 9.67. The summed E-state index contributed by atoms with van der Waals surface area (Å²) < 4.78 is 1.10. The summed E-state index contributed by atoms with van der Waals surface area (Å²) in [7, 11) is 0. The van der Waals surface area contributed by atoms with Gasteiger partial charge in [-0.05, 0) is 45.8 Å². The fraction of sp³-hybridized carbons (Fsp3) is 0.364. The number of benzene rings is 1. The topological polar surface area (TPSA) is 28.7 Å². The summed E-state index contributed by atoms with van der Waals surface area (Å²) in [6.07, 6.45) is 3.08. The standard InChI is InChI=1S/C11H10BrClN2/c1-5-2-6(5)10-8(13)3-9-7(11(10)12)4-14-15-9/h3-6H,2H2,1H3,(H,14,15)/t5-,6-/m0/s1. The summed E-state index contributed by atoms with van der Waals surface area (Å²) in [5, 5.41) is 8.92. The van der Waals surface area contributed by atoms with E-state index >= 15 is 0 Å². The van der Waals surface area contributed by atoms with Gasteiger partial charge in [-0.3, -0.25) is 5.10 Å². The van der Waals surface area contributed by atoms with E-state index in [2.05, 4.69) is 33.1 Å². The van der Waals surface area contributed by atoms with Gasteiger partial charge in [0.05, 0.1) is 11.7 Å². The summed E-state index contributed by atoms with van der Waals surface area (Å²) in [5.41, 5.74) is 2.24. The molecule has 1 aromatic carbocycles. The fourth-order valence-corrected chi connectivity index (χ4v) is 3.38. The molecule has 0 aliphatic heterocycles. The molecule has 1 fully saturated rings. The molecule has 1 saturated carbocycles. The molecule has 2 atom stereocenters. The zero-order valence-electron chi connectivity index (χ0n) is 8.22. The molecule has 0 bridgehead atoms. The summed E-state index contributed by atoms with van der Waals surface area (Å²) >= 11 is 9.92. The van der Waals surface area contributed by atoms with Crippen molar-refractivity contribution < 1.29 is 0 Å². The normalized spacial score (nSPS) is 24.7. The van der Waals surface area contributed by atoms with Gasteiger partial charge in [0.15, 0.2) is 0 Å². The molecule has 3 rings (SSSR count). The maximum Gasteiger partial charge on any atom is 0.0676 e. The van der Waals surface area contributed by atoms with E-state index in [0.29, 0.717) is 5.92 Å². The number of H-pyrrole nitrogens is 1. The van der Waals surface area contributed by atoms with Crippen molar-refractivity contribution in [3.05, 3.63) is 27.3 Å². The van der Waals surface area contributed by atoms with Gasteiger partial charge in [0, 0.05) is 14.9 Å². The van der Waals surface area contributed by atoms with Crippen molar-refractivity contribution >= 4 is 38.4 Å². The van der Waals surface area contributed by atoms with Gasteiger partial charge >= 0.3 is 0 Å². The Morgan fingerprint density at radius 1 is 1.60 bits per heavy atom. The Hall–Kier alpha value is -0.540. The van der Waals surface area contributed by atoms with Crippen LogP contribution in [-0.4, -0.2) is 10.2 Å². The molecular weight excluding hydrogens is 275 g/mol. The number of nitrogens with zero attached hydrogens (tertiary/aromatic N) is 1. The molecule has 2 nitrogen and oxygen atoms in total. The van der Waals surface area contributed by atoms with Crippen molar-refractivity contribution in [2.24, 2.45) is 5.92 Å². The largest absolute Gasteiger partial charge is 0.278 e. The summed E-state index contributed by atoms with van der Waals surface area (Å²) in [6.45, 7) is 2.26. The zero-order chi connectivity index (χ0) is 10.6. The highest BCUT2D eigenvalue weighted by molar-refractivity contribution is 9.10. The average molecular weight is 286 g/mol. The molecule has 0 spiro atoms. The number of nitrogens with one attached hydrogen (secondary N) is 1. The van der Waals surface area contributed by atoms with Crippen molar-refractivity contribution in [3.8, 4) is 0 Å². The number of rotatable bonds is 1. The molecular formula is C11H10BrClN2. The van der Waals surface area contributed by atoms with Crippen LogP contribution in [-0.2, 0) is 0 Å². The number of hydrogen-bond donors (Lipinski definition) is 1. The molecule has 15 heavy (non-hydrogen) atoms. The van der Waals surface area contributed by atoms with E-state index < -0.39 is 0 Å². The smallest absolute Gasteiger partial charge is 0.0676 e. The lowest BCUT2D eigenvalue weighted by atomic mass is 10.1. The molecule has 1 N–H and O–H groups in total. The Kier molecular flexibility index (Phi) is 2.08. The molecule has 0 amide bonds. The monoisotopic (exact) mass is 284 g/mol. The van der Waals surface area contributed by atoms with Gasteiger partial charge in [-0.25, -0.2) is 0 Å². The first-order valence-corrected chi connectivity index (χ1v) is 6.16. The van der Waals surface area contributed by atoms with Gasteiger partial charge in [0.1, 0.15) is 0 Å². The van der Waals surface area contributed by atoms with E-state index in [0.717, 1.165) is 26.3 Å². The Labute approximate surface area is 101 Å². The lowest BCUT2D eigenvalue weighted by molar-refractivity contribution is 0.913. The summed E-state index contributed by atoms with van der Waals surface area (Å²) in [5.74, 6) is 1.37. The first-order valence-electron chi connectivity index (χ1n) is 4.99. The van der Waals surface area contributed by atoms with Gasteiger partial charge in [0.25, 0.3) is 0 Å². The predicted octanol–water partition coefficient (Wildman–Crippen LogP) is 4.10. The number of halogens is 2. The second-order valence-electron chi connectivity index (χ2n) is 4.24. The van der Waals surface area contributed by atoms with E-state index in [-0.39, 0.29) is 0 Å². The van der Waals surface area contributed by atoms with Crippen LogP contribution in [0.25, 0.3) is 10.9 Å². The lowest BCUT2D eigenvalue weighted by Crippen LogP contribution is -1.87. The van der Waals surface area contributed by atoms with Crippen LogP contribution < -0.4 is 0 Å². The quantitative estimate of drug-likeness (QED) is 0.839.